The zero-order valence-corrected chi connectivity index (χ0v) is 16.6. The van der Waals surface area contributed by atoms with Crippen LogP contribution in [-0.4, -0.2) is 54.3 Å². The van der Waals surface area contributed by atoms with Crippen LogP contribution >= 0.6 is 0 Å². The van der Waals surface area contributed by atoms with E-state index in [1.807, 2.05) is 0 Å². The molecule has 30 heavy (non-hydrogen) atoms. The predicted octanol–water partition coefficient (Wildman–Crippen LogP) is 3.94. The minimum Gasteiger partial charge on any atom is -0.351 e. The van der Waals surface area contributed by atoms with Crippen LogP contribution in [-0.2, 0) is 0 Å². The van der Waals surface area contributed by atoms with Crippen molar-refractivity contribution in [2.45, 2.75) is 82.2 Å². The Balaban J connectivity index is 1.53. The Morgan fingerprint density at radius 1 is 0.767 bits per heavy atom. The van der Waals surface area contributed by atoms with Gasteiger partial charge in [-0.1, -0.05) is 0 Å². The van der Waals surface area contributed by atoms with Gasteiger partial charge >= 0.3 is 0 Å². The summed E-state index contributed by atoms with van der Waals surface area (Å²) in [5.74, 6) is -4.52. The van der Waals surface area contributed by atoms with Crippen LogP contribution in [0, 0.1) is 6.92 Å². The fourth-order valence-corrected chi connectivity index (χ4v) is 3.84. The van der Waals surface area contributed by atoms with Crippen LogP contribution in [0.25, 0.3) is 11.5 Å². The van der Waals surface area contributed by atoms with E-state index in [9.17, 15) is 17.6 Å². The van der Waals surface area contributed by atoms with Crippen molar-refractivity contribution in [2.75, 3.05) is 10.6 Å². The van der Waals surface area contributed by atoms with Crippen molar-refractivity contribution in [3.63, 3.8) is 0 Å². The maximum atomic E-state index is 13.4. The van der Waals surface area contributed by atoms with Crippen molar-refractivity contribution in [2.24, 2.45) is 0 Å². The topological polar surface area (TPSA) is 104 Å². The van der Waals surface area contributed by atoms with Crippen molar-refractivity contribution in [3.8, 4) is 11.5 Å². The van der Waals surface area contributed by atoms with E-state index < -0.39 is 11.8 Å². The fourth-order valence-electron chi connectivity index (χ4n) is 3.84. The molecule has 0 saturated heterocycles. The molecule has 0 bridgehead atoms. The molecule has 0 spiro atoms. The van der Waals surface area contributed by atoms with Gasteiger partial charge in [0.25, 0.3) is 0 Å². The zero-order valence-electron chi connectivity index (χ0n) is 16.6. The number of alkyl halides is 4. The summed E-state index contributed by atoms with van der Waals surface area (Å²) in [4.78, 5) is 13.1. The van der Waals surface area contributed by atoms with Gasteiger partial charge in [-0.3, -0.25) is 0 Å². The Morgan fingerprint density at radius 3 is 1.63 bits per heavy atom. The van der Waals surface area contributed by atoms with E-state index in [1.165, 1.54) is 0 Å². The number of aromatic nitrogens is 6. The maximum absolute atomic E-state index is 13.4. The molecule has 12 heteroatoms. The quantitative estimate of drug-likeness (QED) is 0.620. The summed E-state index contributed by atoms with van der Waals surface area (Å²) in [6.07, 6.45) is 0.460. The number of anilines is 2. The predicted molar refractivity (Wildman–Crippen MR) is 102 cm³/mol. The number of hydrogen-bond donors (Lipinski definition) is 3. The van der Waals surface area contributed by atoms with Gasteiger partial charge in [0.1, 0.15) is 0 Å². The SMILES string of the molecule is Cc1n[nH]nc1-c1nc(NC2CCC(F)(F)CC2)nc(NC2CCC(F)(F)CC2)n1. The molecule has 2 fully saturated rings. The molecule has 0 aromatic carbocycles. The standard InChI is InChI=1S/C18H24F4N8/c1-10-13(29-30-28-10)14-25-15(23-11-2-6-17(19,20)7-3-11)27-16(26-14)24-12-4-8-18(21,22)9-5-12/h11-12H,2-9H2,1H3,(H,28,29,30)(H2,23,24,25,26,27). The van der Waals surface area contributed by atoms with Gasteiger partial charge in [-0.2, -0.15) is 30.4 Å². The average molecular weight is 428 g/mol. The molecule has 3 N–H and O–H groups in total. The molecule has 0 atom stereocenters. The van der Waals surface area contributed by atoms with Gasteiger partial charge in [-0.15, -0.1) is 0 Å². The first-order chi connectivity index (χ1) is 14.2. The lowest BCUT2D eigenvalue weighted by molar-refractivity contribution is -0.0366. The molecule has 2 aromatic heterocycles. The van der Waals surface area contributed by atoms with Gasteiger partial charge in [0.2, 0.25) is 23.7 Å². The molecule has 8 nitrogen and oxygen atoms in total. The molecule has 0 aliphatic heterocycles. The van der Waals surface area contributed by atoms with Crippen LogP contribution in [0.1, 0.15) is 57.1 Å². The minimum absolute atomic E-state index is 0.181. The fraction of sp³-hybridized carbons (Fsp3) is 0.722. The van der Waals surface area contributed by atoms with Gasteiger partial charge in [0, 0.05) is 37.8 Å². The third kappa shape index (κ3) is 4.96. The van der Waals surface area contributed by atoms with E-state index in [0.29, 0.717) is 37.1 Å². The number of halogens is 4. The lowest BCUT2D eigenvalue weighted by Crippen LogP contribution is -2.33. The van der Waals surface area contributed by atoms with Crippen LogP contribution in [0.2, 0.25) is 0 Å². The summed E-state index contributed by atoms with van der Waals surface area (Å²) in [5.41, 5.74) is 1.03. The molecule has 0 amide bonds. The van der Waals surface area contributed by atoms with E-state index in [1.54, 1.807) is 6.92 Å². The normalized spacial score (nSPS) is 22.0. The number of aromatic amines is 1. The molecule has 4 rings (SSSR count). The highest BCUT2D eigenvalue weighted by atomic mass is 19.3. The van der Waals surface area contributed by atoms with Crippen LogP contribution < -0.4 is 10.6 Å². The van der Waals surface area contributed by atoms with Crippen LogP contribution in [0.15, 0.2) is 0 Å². The number of hydrogen-bond acceptors (Lipinski definition) is 7. The van der Waals surface area contributed by atoms with Gasteiger partial charge in [-0.05, 0) is 32.6 Å². The average Bonchev–Trinajstić information content (AvgIpc) is 3.11. The highest BCUT2D eigenvalue weighted by molar-refractivity contribution is 5.55. The first-order valence-corrected chi connectivity index (χ1v) is 10.1. The first kappa shape index (κ1) is 20.7. The molecular formula is C18H24F4N8. The van der Waals surface area contributed by atoms with Gasteiger partial charge in [0.05, 0.1) is 5.69 Å². The molecular weight excluding hydrogens is 404 g/mol. The van der Waals surface area contributed by atoms with Crippen LogP contribution in [0.5, 0.6) is 0 Å². The summed E-state index contributed by atoms with van der Waals surface area (Å²) in [7, 11) is 0. The summed E-state index contributed by atoms with van der Waals surface area (Å²) in [6, 6.07) is -0.362. The second-order valence-corrected chi connectivity index (χ2v) is 8.11. The number of nitrogens with zero attached hydrogens (tertiary/aromatic N) is 5. The summed E-state index contributed by atoms with van der Waals surface area (Å²) in [6.45, 7) is 1.75. The van der Waals surface area contributed by atoms with Crippen molar-refractivity contribution in [1.29, 1.82) is 0 Å². The molecule has 164 valence electrons. The van der Waals surface area contributed by atoms with Crippen LogP contribution in [0.3, 0.4) is 0 Å². The highest BCUT2D eigenvalue weighted by Gasteiger charge is 2.36. The Kier molecular flexibility index (Phi) is 5.49. The van der Waals surface area contributed by atoms with Crippen molar-refractivity contribution in [3.05, 3.63) is 5.69 Å². The number of aryl methyl sites for hydroxylation is 1. The van der Waals surface area contributed by atoms with Gasteiger partial charge in [0.15, 0.2) is 11.5 Å². The molecule has 2 aromatic rings. The first-order valence-electron chi connectivity index (χ1n) is 10.1. The number of H-pyrrole nitrogens is 1. The smallest absolute Gasteiger partial charge is 0.248 e. The van der Waals surface area contributed by atoms with E-state index in [4.69, 9.17) is 0 Å². The summed E-state index contributed by atoms with van der Waals surface area (Å²) < 4.78 is 53.8. The van der Waals surface area contributed by atoms with E-state index in [0.717, 1.165) is 0 Å². The number of nitrogens with one attached hydrogen (secondary N) is 3. The zero-order chi connectivity index (χ0) is 21.4. The molecule has 0 radical (unpaired) electrons. The number of rotatable bonds is 5. The van der Waals surface area contributed by atoms with Crippen molar-refractivity contribution >= 4 is 11.9 Å². The largest absolute Gasteiger partial charge is 0.351 e. The Bertz CT molecular complexity index is 819. The van der Waals surface area contributed by atoms with E-state index in [-0.39, 0.29) is 55.5 Å². The maximum Gasteiger partial charge on any atom is 0.248 e. The monoisotopic (exact) mass is 428 g/mol. The second-order valence-electron chi connectivity index (χ2n) is 8.11. The molecule has 2 saturated carbocycles. The van der Waals surface area contributed by atoms with Crippen molar-refractivity contribution < 1.29 is 17.6 Å². The molecule has 2 aliphatic carbocycles. The Labute approximate surface area is 170 Å². The molecule has 0 unspecified atom stereocenters. The lowest BCUT2D eigenvalue weighted by Gasteiger charge is -2.29. The van der Waals surface area contributed by atoms with Gasteiger partial charge in [-0.25, -0.2) is 17.6 Å². The van der Waals surface area contributed by atoms with Gasteiger partial charge < -0.3 is 10.6 Å². The summed E-state index contributed by atoms with van der Waals surface area (Å²) in [5, 5.41) is 16.8. The van der Waals surface area contributed by atoms with Crippen molar-refractivity contribution in [1.82, 2.24) is 30.4 Å². The third-order valence-corrected chi connectivity index (χ3v) is 5.67. The summed E-state index contributed by atoms with van der Waals surface area (Å²) >= 11 is 0. The van der Waals surface area contributed by atoms with E-state index in [2.05, 4.69) is 41.0 Å². The second kappa shape index (κ2) is 7.95. The molecule has 2 aliphatic rings. The molecule has 2 heterocycles. The Hall–Kier alpha value is -2.53. The van der Waals surface area contributed by atoms with E-state index >= 15 is 0 Å². The minimum atomic E-state index is -2.63. The lowest BCUT2D eigenvalue weighted by atomic mass is 9.92. The Morgan fingerprint density at radius 2 is 1.23 bits per heavy atom. The third-order valence-electron chi connectivity index (χ3n) is 5.67. The highest BCUT2D eigenvalue weighted by Crippen LogP contribution is 2.35. The van der Waals surface area contributed by atoms with Crippen LogP contribution in [0.4, 0.5) is 29.5 Å².